The van der Waals surface area contributed by atoms with Crippen molar-refractivity contribution in [3.8, 4) is 0 Å². The fraction of sp³-hybridized carbons (Fsp3) is 0.350. The van der Waals surface area contributed by atoms with E-state index in [1.54, 1.807) is 4.90 Å². The van der Waals surface area contributed by atoms with E-state index in [1.807, 2.05) is 57.2 Å². The fourth-order valence-electron chi connectivity index (χ4n) is 2.88. The van der Waals surface area contributed by atoms with Gasteiger partial charge in [0.15, 0.2) is 0 Å². The van der Waals surface area contributed by atoms with Crippen molar-refractivity contribution in [3.63, 3.8) is 0 Å². The molecule has 0 atom stereocenters. The van der Waals surface area contributed by atoms with Gasteiger partial charge in [0.2, 0.25) is 0 Å². The molecule has 2 aromatic carbocycles. The van der Waals surface area contributed by atoms with Crippen LogP contribution < -0.4 is 10.9 Å². The highest BCUT2D eigenvalue weighted by atomic mass is 16.6. The first-order chi connectivity index (χ1) is 11.9. The minimum absolute atomic E-state index is 0.259. The van der Waals surface area contributed by atoms with Crippen molar-refractivity contribution < 1.29 is 9.53 Å². The van der Waals surface area contributed by atoms with E-state index in [2.05, 4.69) is 23.0 Å². The zero-order valence-electron chi connectivity index (χ0n) is 15.0. The van der Waals surface area contributed by atoms with Gasteiger partial charge in [-0.15, -0.1) is 0 Å². The Kier molecular flexibility index (Phi) is 4.95. The van der Waals surface area contributed by atoms with Gasteiger partial charge in [-0.1, -0.05) is 36.4 Å². The average molecular weight is 339 g/mol. The fourth-order valence-corrected chi connectivity index (χ4v) is 2.88. The highest BCUT2D eigenvalue weighted by Crippen LogP contribution is 2.27. The molecular formula is C20H25N3O2. The number of para-hydroxylation sites is 1. The number of nitrogens with zero attached hydrogens (tertiary/aromatic N) is 1. The molecule has 25 heavy (non-hydrogen) atoms. The first-order valence-corrected chi connectivity index (χ1v) is 8.54. The maximum atomic E-state index is 12.3. The molecule has 5 heteroatoms. The average Bonchev–Trinajstić information content (AvgIpc) is 3.00. The number of amides is 1. The molecule has 2 N–H and O–H groups in total. The van der Waals surface area contributed by atoms with E-state index < -0.39 is 5.60 Å². The summed E-state index contributed by atoms with van der Waals surface area (Å²) in [5, 5.41) is 0. The highest BCUT2D eigenvalue weighted by molar-refractivity contribution is 5.69. The molecule has 0 radical (unpaired) electrons. The van der Waals surface area contributed by atoms with Crippen molar-refractivity contribution in [1.82, 2.24) is 10.3 Å². The summed E-state index contributed by atoms with van der Waals surface area (Å²) >= 11 is 0. The van der Waals surface area contributed by atoms with Crippen LogP contribution in [0, 0.1) is 0 Å². The van der Waals surface area contributed by atoms with E-state index in [9.17, 15) is 4.79 Å². The van der Waals surface area contributed by atoms with Gasteiger partial charge >= 0.3 is 6.09 Å². The van der Waals surface area contributed by atoms with Gasteiger partial charge in [0.25, 0.3) is 0 Å². The molecular weight excluding hydrogens is 314 g/mol. The first-order valence-electron chi connectivity index (χ1n) is 8.54. The second-order valence-electron chi connectivity index (χ2n) is 7.24. The molecule has 0 unspecified atom stereocenters. The molecule has 0 fully saturated rings. The van der Waals surface area contributed by atoms with E-state index in [1.165, 1.54) is 16.7 Å². The van der Waals surface area contributed by atoms with Gasteiger partial charge in [-0.3, -0.25) is 4.90 Å². The summed E-state index contributed by atoms with van der Waals surface area (Å²) in [5.74, 6) is 0. The SMILES string of the molecule is CC(C)(C)OC(=O)N1Cc2cccc(CNNc3ccccc3)c2C1. The number of benzene rings is 2. The van der Waals surface area contributed by atoms with Crippen molar-refractivity contribution >= 4 is 11.8 Å². The van der Waals surface area contributed by atoms with Crippen molar-refractivity contribution in [2.75, 3.05) is 5.43 Å². The molecule has 0 aromatic heterocycles. The Morgan fingerprint density at radius 3 is 2.56 bits per heavy atom. The Balaban J connectivity index is 1.62. The quantitative estimate of drug-likeness (QED) is 0.825. The Morgan fingerprint density at radius 1 is 1.08 bits per heavy atom. The molecule has 0 aliphatic carbocycles. The van der Waals surface area contributed by atoms with Crippen LogP contribution in [0.1, 0.15) is 37.5 Å². The number of hydrogen-bond donors (Lipinski definition) is 2. The molecule has 0 saturated heterocycles. The lowest BCUT2D eigenvalue weighted by Gasteiger charge is -2.24. The molecule has 1 aliphatic rings. The number of carbonyl (C=O) groups is 1. The molecule has 1 heterocycles. The van der Waals surface area contributed by atoms with E-state index in [-0.39, 0.29) is 6.09 Å². The number of ether oxygens (including phenoxy) is 1. The van der Waals surface area contributed by atoms with Gasteiger partial charge < -0.3 is 10.2 Å². The zero-order chi connectivity index (χ0) is 17.9. The summed E-state index contributed by atoms with van der Waals surface area (Å²) in [7, 11) is 0. The summed E-state index contributed by atoms with van der Waals surface area (Å²) < 4.78 is 5.49. The number of hydrogen-bond acceptors (Lipinski definition) is 4. The normalized spacial score (nSPS) is 13.5. The lowest BCUT2D eigenvalue weighted by Crippen LogP contribution is -2.33. The number of nitrogens with one attached hydrogen (secondary N) is 2. The van der Waals surface area contributed by atoms with Crippen LogP contribution in [-0.2, 0) is 24.4 Å². The second-order valence-corrected chi connectivity index (χ2v) is 7.24. The van der Waals surface area contributed by atoms with Crippen LogP contribution in [0.4, 0.5) is 10.5 Å². The lowest BCUT2D eigenvalue weighted by molar-refractivity contribution is 0.0241. The van der Waals surface area contributed by atoms with Crippen LogP contribution >= 0.6 is 0 Å². The molecule has 132 valence electrons. The molecule has 0 bridgehead atoms. The van der Waals surface area contributed by atoms with Gasteiger partial charge in [0.05, 0.1) is 6.54 Å². The maximum absolute atomic E-state index is 12.3. The summed E-state index contributed by atoms with van der Waals surface area (Å²) in [6, 6.07) is 16.2. The number of anilines is 1. The number of rotatable bonds is 4. The number of carbonyl (C=O) groups excluding carboxylic acids is 1. The van der Waals surface area contributed by atoms with Crippen molar-refractivity contribution in [2.24, 2.45) is 0 Å². The van der Waals surface area contributed by atoms with E-state index in [0.717, 1.165) is 5.69 Å². The number of hydrazine groups is 1. The minimum atomic E-state index is -0.476. The van der Waals surface area contributed by atoms with E-state index in [0.29, 0.717) is 19.6 Å². The Hall–Kier alpha value is -2.53. The molecule has 3 rings (SSSR count). The first kappa shape index (κ1) is 17.3. The Labute approximate surface area is 149 Å². The van der Waals surface area contributed by atoms with Crippen molar-refractivity contribution in [2.45, 2.75) is 46.0 Å². The van der Waals surface area contributed by atoms with Crippen LogP contribution in [-0.4, -0.2) is 16.6 Å². The van der Waals surface area contributed by atoms with Crippen molar-refractivity contribution in [3.05, 3.63) is 65.2 Å². The Bertz CT molecular complexity index is 738. The summed E-state index contributed by atoms with van der Waals surface area (Å²) in [5.41, 5.74) is 10.6. The topological polar surface area (TPSA) is 53.6 Å². The molecule has 2 aromatic rings. The zero-order valence-corrected chi connectivity index (χ0v) is 15.0. The molecule has 1 aliphatic heterocycles. The standard InChI is InChI=1S/C20H25N3O2/c1-20(2,3)25-19(24)23-13-16-9-7-8-15(18(16)14-23)12-21-22-17-10-5-4-6-11-17/h4-11,21-22H,12-14H2,1-3H3. The highest BCUT2D eigenvalue weighted by Gasteiger charge is 2.28. The summed E-state index contributed by atoms with van der Waals surface area (Å²) in [6.45, 7) is 7.54. The molecule has 1 amide bonds. The predicted octanol–water partition coefficient (Wildman–Crippen LogP) is 4.05. The smallest absolute Gasteiger partial charge is 0.410 e. The summed E-state index contributed by atoms with van der Waals surface area (Å²) in [6.07, 6.45) is -0.259. The van der Waals surface area contributed by atoms with E-state index >= 15 is 0 Å². The van der Waals surface area contributed by atoms with Gasteiger partial charge in [-0.25, -0.2) is 10.2 Å². The minimum Gasteiger partial charge on any atom is -0.444 e. The van der Waals surface area contributed by atoms with Crippen LogP contribution in [0.2, 0.25) is 0 Å². The van der Waals surface area contributed by atoms with Crippen LogP contribution in [0.25, 0.3) is 0 Å². The van der Waals surface area contributed by atoms with Crippen molar-refractivity contribution in [1.29, 1.82) is 0 Å². The van der Waals surface area contributed by atoms with Crippen LogP contribution in [0.5, 0.6) is 0 Å². The molecule has 0 saturated carbocycles. The Morgan fingerprint density at radius 2 is 1.84 bits per heavy atom. The molecule has 0 spiro atoms. The lowest BCUT2D eigenvalue weighted by atomic mass is 10.0. The third-order valence-electron chi connectivity index (χ3n) is 4.02. The van der Waals surface area contributed by atoms with Gasteiger partial charge in [0.1, 0.15) is 5.60 Å². The predicted molar refractivity (Wildman–Crippen MR) is 98.8 cm³/mol. The number of fused-ring (bicyclic) bond motifs is 1. The maximum Gasteiger partial charge on any atom is 0.410 e. The largest absolute Gasteiger partial charge is 0.444 e. The second kappa shape index (κ2) is 7.15. The van der Waals surface area contributed by atoms with Gasteiger partial charge in [0, 0.05) is 18.8 Å². The van der Waals surface area contributed by atoms with Crippen LogP contribution in [0.15, 0.2) is 48.5 Å². The van der Waals surface area contributed by atoms with E-state index in [4.69, 9.17) is 4.74 Å². The third-order valence-corrected chi connectivity index (χ3v) is 4.02. The summed E-state index contributed by atoms with van der Waals surface area (Å²) in [4.78, 5) is 14.1. The van der Waals surface area contributed by atoms with Crippen LogP contribution in [0.3, 0.4) is 0 Å². The van der Waals surface area contributed by atoms with Gasteiger partial charge in [-0.05, 0) is 49.6 Å². The monoisotopic (exact) mass is 339 g/mol. The van der Waals surface area contributed by atoms with Gasteiger partial charge in [-0.2, -0.15) is 0 Å². The molecule has 5 nitrogen and oxygen atoms in total. The third kappa shape index (κ3) is 4.51.